The van der Waals surface area contributed by atoms with Crippen LogP contribution in [0.1, 0.15) is 21.8 Å². The van der Waals surface area contributed by atoms with Crippen LogP contribution in [-0.4, -0.2) is 27.9 Å². The normalized spacial score (nSPS) is 16.5. The summed E-state index contributed by atoms with van der Waals surface area (Å²) in [4.78, 5) is 30.8. The monoisotopic (exact) mass is 411 g/mol. The molecule has 1 fully saturated rings. The van der Waals surface area contributed by atoms with Gasteiger partial charge in [-0.05, 0) is 23.3 Å². The maximum Gasteiger partial charge on any atom is 0.325 e. The fourth-order valence-corrected chi connectivity index (χ4v) is 4.10. The van der Waals surface area contributed by atoms with E-state index < -0.39 is 6.04 Å². The first-order valence-corrected chi connectivity index (χ1v) is 10.2. The Morgan fingerprint density at radius 3 is 2.54 bits per heavy atom. The van der Waals surface area contributed by atoms with Gasteiger partial charge in [-0.15, -0.1) is 11.3 Å². The quantitative estimate of drug-likeness (QED) is 0.622. The first-order chi connectivity index (χ1) is 13.6. The number of amides is 3. The number of halogens is 1. The maximum atomic E-state index is 12.7. The number of rotatable bonds is 6. The second-order valence-corrected chi connectivity index (χ2v) is 8.03. The molecular formula is C21H18ClN3O2S. The maximum absolute atomic E-state index is 12.7. The van der Waals surface area contributed by atoms with E-state index in [-0.39, 0.29) is 18.5 Å². The van der Waals surface area contributed by atoms with Gasteiger partial charge in [0.1, 0.15) is 6.04 Å². The Labute approximate surface area is 172 Å². The van der Waals surface area contributed by atoms with Crippen molar-refractivity contribution in [2.75, 3.05) is 0 Å². The van der Waals surface area contributed by atoms with Gasteiger partial charge < -0.3 is 5.32 Å². The third-order valence-corrected chi connectivity index (χ3v) is 5.73. The Bertz CT molecular complexity index is 988. The Balaban J connectivity index is 1.40. The Hall–Kier alpha value is -2.70. The molecule has 1 aliphatic heterocycles. The highest BCUT2D eigenvalue weighted by Crippen LogP contribution is 2.20. The summed E-state index contributed by atoms with van der Waals surface area (Å²) in [6, 6.07) is 16.4. The van der Waals surface area contributed by atoms with E-state index in [4.69, 9.17) is 11.6 Å². The van der Waals surface area contributed by atoms with E-state index >= 15 is 0 Å². The van der Waals surface area contributed by atoms with E-state index in [2.05, 4.69) is 10.3 Å². The van der Waals surface area contributed by atoms with Gasteiger partial charge in [-0.2, -0.15) is 0 Å². The highest BCUT2D eigenvalue weighted by atomic mass is 35.5. The van der Waals surface area contributed by atoms with Crippen LogP contribution < -0.4 is 5.32 Å². The zero-order valence-corrected chi connectivity index (χ0v) is 16.5. The summed E-state index contributed by atoms with van der Waals surface area (Å²) in [6.45, 7) is 0.188. The number of urea groups is 1. The lowest BCUT2D eigenvalue weighted by atomic mass is 10.1. The van der Waals surface area contributed by atoms with E-state index in [0.29, 0.717) is 17.9 Å². The third-order valence-electron chi connectivity index (χ3n) is 4.58. The van der Waals surface area contributed by atoms with Gasteiger partial charge >= 0.3 is 6.03 Å². The lowest BCUT2D eigenvalue weighted by Crippen LogP contribution is -2.32. The summed E-state index contributed by atoms with van der Waals surface area (Å²) in [5, 5.41) is 6.31. The number of imide groups is 1. The Morgan fingerprint density at radius 2 is 1.79 bits per heavy atom. The van der Waals surface area contributed by atoms with Crippen LogP contribution >= 0.6 is 22.9 Å². The minimum absolute atomic E-state index is 0.188. The molecule has 3 amide bonds. The lowest BCUT2D eigenvalue weighted by Gasteiger charge is -2.11. The number of carbonyl (C=O) groups excluding carboxylic acids is 2. The van der Waals surface area contributed by atoms with Gasteiger partial charge in [0, 0.05) is 23.2 Å². The Morgan fingerprint density at radius 1 is 1.04 bits per heavy atom. The van der Waals surface area contributed by atoms with Crippen molar-refractivity contribution < 1.29 is 9.59 Å². The van der Waals surface area contributed by atoms with Crippen molar-refractivity contribution in [3.05, 3.63) is 86.8 Å². The summed E-state index contributed by atoms with van der Waals surface area (Å²) >= 11 is 7.44. The lowest BCUT2D eigenvalue weighted by molar-refractivity contribution is -0.127. The van der Waals surface area contributed by atoms with Crippen molar-refractivity contribution in [3.63, 3.8) is 0 Å². The molecule has 1 saturated heterocycles. The topological polar surface area (TPSA) is 62.3 Å². The number of aromatic nitrogens is 1. The van der Waals surface area contributed by atoms with Crippen LogP contribution in [0.25, 0.3) is 0 Å². The van der Waals surface area contributed by atoms with Gasteiger partial charge in [-0.1, -0.05) is 54.1 Å². The average molecular weight is 412 g/mol. The average Bonchev–Trinajstić information content (AvgIpc) is 3.24. The molecule has 28 heavy (non-hydrogen) atoms. The molecule has 1 atom stereocenters. The zero-order chi connectivity index (χ0) is 19.5. The van der Waals surface area contributed by atoms with Crippen molar-refractivity contribution in [2.45, 2.75) is 25.4 Å². The molecule has 2 heterocycles. The fourth-order valence-electron chi connectivity index (χ4n) is 3.16. The smallest absolute Gasteiger partial charge is 0.325 e. The number of nitrogens with one attached hydrogen (secondary N) is 1. The number of hydrogen-bond acceptors (Lipinski definition) is 4. The van der Waals surface area contributed by atoms with E-state index in [1.54, 1.807) is 0 Å². The van der Waals surface area contributed by atoms with Crippen molar-refractivity contribution in [1.29, 1.82) is 0 Å². The highest BCUT2D eigenvalue weighted by Gasteiger charge is 2.38. The molecule has 4 rings (SSSR count). The second kappa shape index (κ2) is 8.12. The molecule has 1 aromatic heterocycles. The predicted octanol–water partition coefficient (Wildman–Crippen LogP) is 4.05. The van der Waals surface area contributed by atoms with Crippen molar-refractivity contribution in [1.82, 2.24) is 15.2 Å². The minimum atomic E-state index is -0.526. The highest BCUT2D eigenvalue weighted by molar-refractivity contribution is 7.09. The van der Waals surface area contributed by atoms with Crippen molar-refractivity contribution >= 4 is 34.9 Å². The van der Waals surface area contributed by atoms with Crippen LogP contribution in [0.15, 0.2) is 60.0 Å². The number of benzene rings is 2. The van der Waals surface area contributed by atoms with Crippen LogP contribution in [0, 0.1) is 0 Å². The van der Waals surface area contributed by atoms with Gasteiger partial charge in [0.15, 0.2) is 0 Å². The molecule has 1 aliphatic rings. The first kappa shape index (κ1) is 18.7. The third kappa shape index (κ3) is 4.24. The van der Waals surface area contributed by atoms with Crippen LogP contribution in [0.3, 0.4) is 0 Å². The Kier molecular flexibility index (Phi) is 5.41. The summed E-state index contributed by atoms with van der Waals surface area (Å²) in [5.41, 5.74) is 2.85. The zero-order valence-electron chi connectivity index (χ0n) is 15.0. The molecule has 7 heteroatoms. The van der Waals surface area contributed by atoms with Gasteiger partial charge in [-0.3, -0.25) is 9.69 Å². The van der Waals surface area contributed by atoms with Crippen LogP contribution in [-0.2, 0) is 24.2 Å². The van der Waals surface area contributed by atoms with Crippen LogP contribution in [0.2, 0.25) is 5.02 Å². The molecule has 0 aliphatic carbocycles. The molecule has 0 bridgehead atoms. The van der Waals surface area contributed by atoms with Crippen molar-refractivity contribution in [2.24, 2.45) is 0 Å². The number of hydrogen-bond donors (Lipinski definition) is 1. The summed E-state index contributed by atoms with van der Waals surface area (Å²) in [7, 11) is 0. The fraction of sp³-hybridized carbons (Fsp3) is 0.190. The van der Waals surface area contributed by atoms with Gasteiger partial charge in [0.2, 0.25) is 0 Å². The molecule has 1 unspecified atom stereocenters. The predicted molar refractivity (Wildman–Crippen MR) is 109 cm³/mol. The van der Waals surface area contributed by atoms with E-state index in [1.807, 2.05) is 60.0 Å². The van der Waals surface area contributed by atoms with Crippen LogP contribution in [0.5, 0.6) is 0 Å². The molecule has 2 aromatic carbocycles. The summed E-state index contributed by atoms with van der Waals surface area (Å²) in [5.74, 6) is -0.207. The van der Waals surface area contributed by atoms with E-state index in [9.17, 15) is 9.59 Å². The van der Waals surface area contributed by atoms with Crippen molar-refractivity contribution in [3.8, 4) is 0 Å². The first-order valence-electron chi connectivity index (χ1n) is 8.92. The molecule has 5 nitrogen and oxygen atoms in total. The standard InChI is InChI=1S/C21H18ClN3O2S/c22-16-8-6-15(7-9-16)11-19-23-17(13-28-19)12-25-20(26)18(24-21(25)27)10-14-4-2-1-3-5-14/h1-9,13,18H,10-12H2,(H,24,27). The minimum Gasteiger partial charge on any atom is -0.325 e. The molecular weight excluding hydrogens is 394 g/mol. The van der Waals surface area contributed by atoms with Gasteiger partial charge in [0.25, 0.3) is 5.91 Å². The van der Waals surface area contributed by atoms with E-state index in [0.717, 1.165) is 21.8 Å². The van der Waals surface area contributed by atoms with Gasteiger partial charge in [-0.25, -0.2) is 9.78 Å². The van der Waals surface area contributed by atoms with Crippen LogP contribution in [0.4, 0.5) is 4.79 Å². The molecule has 0 radical (unpaired) electrons. The largest absolute Gasteiger partial charge is 0.325 e. The molecule has 0 saturated carbocycles. The number of thiazole rings is 1. The van der Waals surface area contributed by atoms with Gasteiger partial charge in [0.05, 0.1) is 17.2 Å². The number of nitrogens with zero attached hydrogens (tertiary/aromatic N) is 2. The SMILES string of the molecule is O=C1NC(Cc2ccccc2)C(=O)N1Cc1csc(Cc2ccc(Cl)cc2)n1. The second-order valence-electron chi connectivity index (χ2n) is 6.65. The molecule has 3 aromatic rings. The summed E-state index contributed by atoms with van der Waals surface area (Å²) < 4.78 is 0. The summed E-state index contributed by atoms with van der Waals surface area (Å²) in [6.07, 6.45) is 1.18. The molecule has 1 N–H and O–H groups in total. The molecule has 0 spiro atoms. The molecule has 142 valence electrons. The number of carbonyl (C=O) groups is 2. The van der Waals surface area contributed by atoms with E-state index in [1.165, 1.54) is 16.2 Å².